The number of carbonyl (C=O) groups excluding carboxylic acids is 1. The third kappa shape index (κ3) is 6.19. The Morgan fingerprint density at radius 1 is 0.846 bits per heavy atom. The first-order valence-corrected chi connectivity index (χ1v) is 12.6. The Morgan fingerprint density at radius 2 is 1.59 bits per heavy atom. The van der Waals surface area contributed by atoms with Crippen LogP contribution in [0.4, 0.5) is 16.2 Å². The number of hydrogen-bond acceptors (Lipinski definition) is 6. The van der Waals surface area contributed by atoms with Crippen LogP contribution < -0.4 is 25.5 Å². The minimum Gasteiger partial charge on any atom is -0.488 e. The lowest BCUT2D eigenvalue weighted by Gasteiger charge is -2.13. The molecule has 39 heavy (non-hydrogen) atoms. The smallest absolute Gasteiger partial charge is 0.323 e. The number of benzene rings is 4. The second kappa shape index (κ2) is 11.3. The molecule has 5 aromatic rings. The highest BCUT2D eigenvalue weighted by atomic mass is 16.5. The molecule has 0 saturated carbocycles. The summed E-state index contributed by atoms with van der Waals surface area (Å²) in [5.74, 6) is 1.53. The zero-order valence-corrected chi connectivity index (χ0v) is 22.0. The van der Waals surface area contributed by atoms with Crippen LogP contribution in [-0.4, -0.2) is 38.2 Å². The molecule has 0 fully saturated rings. The monoisotopic (exact) mass is 523 g/mol. The fourth-order valence-electron chi connectivity index (χ4n) is 4.14. The Morgan fingerprint density at radius 3 is 2.38 bits per heavy atom. The van der Waals surface area contributed by atoms with Gasteiger partial charge in [0, 0.05) is 30.1 Å². The fourth-order valence-corrected chi connectivity index (χ4v) is 4.14. The normalized spacial score (nSPS) is 11.1. The van der Waals surface area contributed by atoms with Crippen LogP contribution >= 0.6 is 0 Å². The van der Waals surface area contributed by atoms with Gasteiger partial charge in [-0.1, -0.05) is 24.3 Å². The number of hydrogen-bond donors (Lipinski definition) is 2. The van der Waals surface area contributed by atoms with Crippen LogP contribution in [0.1, 0.15) is 5.56 Å². The van der Waals surface area contributed by atoms with Gasteiger partial charge in [-0.25, -0.2) is 4.79 Å². The highest BCUT2D eigenvalue weighted by Gasteiger charge is 2.15. The van der Waals surface area contributed by atoms with Crippen LogP contribution in [0.3, 0.4) is 0 Å². The average Bonchev–Trinajstić information content (AvgIpc) is 2.90. The van der Waals surface area contributed by atoms with Gasteiger partial charge in [0.05, 0.1) is 10.8 Å². The average molecular weight is 524 g/mol. The maximum Gasteiger partial charge on any atom is 0.323 e. The molecule has 0 spiro atoms. The maximum atomic E-state index is 13.3. The van der Waals surface area contributed by atoms with E-state index in [9.17, 15) is 9.59 Å². The molecular formula is C31H29N3O5. The number of carbonyl (C=O) groups is 1. The molecule has 1 aromatic heterocycles. The van der Waals surface area contributed by atoms with E-state index in [1.807, 2.05) is 56.3 Å². The quantitative estimate of drug-likeness (QED) is 0.222. The molecule has 0 radical (unpaired) electrons. The van der Waals surface area contributed by atoms with E-state index in [-0.39, 0.29) is 11.5 Å². The number of para-hydroxylation sites is 1. The summed E-state index contributed by atoms with van der Waals surface area (Å²) in [6.45, 7) is 3.12. The first-order valence-electron chi connectivity index (χ1n) is 12.6. The number of rotatable bonds is 8. The summed E-state index contributed by atoms with van der Waals surface area (Å²) in [7, 11) is 3.94. The van der Waals surface area contributed by atoms with Crippen LogP contribution in [0.5, 0.6) is 17.2 Å². The highest BCUT2D eigenvalue weighted by molar-refractivity contribution is 5.99. The lowest BCUT2D eigenvalue weighted by atomic mass is 10.1. The number of aryl methyl sites for hydroxylation is 1. The van der Waals surface area contributed by atoms with Crippen molar-refractivity contribution in [3.63, 3.8) is 0 Å². The van der Waals surface area contributed by atoms with Crippen molar-refractivity contribution in [2.75, 3.05) is 37.9 Å². The van der Waals surface area contributed by atoms with Crippen molar-refractivity contribution in [1.82, 2.24) is 4.90 Å². The molecule has 0 aliphatic carbocycles. The van der Waals surface area contributed by atoms with Crippen LogP contribution in [0, 0.1) is 6.92 Å². The fraction of sp³-hybridized carbons (Fsp3) is 0.161. The van der Waals surface area contributed by atoms with Gasteiger partial charge in [-0.15, -0.1) is 0 Å². The van der Waals surface area contributed by atoms with E-state index in [0.29, 0.717) is 57.2 Å². The Labute approximate surface area is 225 Å². The van der Waals surface area contributed by atoms with E-state index in [4.69, 9.17) is 13.9 Å². The summed E-state index contributed by atoms with van der Waals surface area (Å²) < 4.78 is 18.2. The lowest BCUT2D eigenvalue weighted by Crippen LogP contribution is -2.19. The summed E-state index contributed by atoms with van der Waals surface area (Å²) in [5, 5.41) is 6.51. The van der Waals surface area contributed by atoms with E-state index in [2.05, 4.69) is 10.6 Å². The molecule has 0 bridgehead atoms. The second-order valence-corrected chi connectivity index (χ2v) is 9.46. The minimum atomic E-state index is -0.364. The molecule has 8 nitrogen and oxygen atoms in total. The van der Waals surface area contributed by atoms with Gasteiger partial charge in [0.2, 0.25) is 5.43 Å². The molecule has 0 unspecified atom stereocenters. The van der Waals surface area contributed by atoms with E-state index in [0.717, 1.165) is 12.1 Å². The predicted molar refractivity (Wildman–Crippen MR) is 154 cm³/mol. The Kier molecular flexibility index (Phi) is 7.47. The van der Waals surface area contributed by atoms with E-state index >= 15 is 0 Å². The molecule has 2 amide bonds. The van der Waals surface area contributed by atoms with Crippen LogP contribution in [0.2, 0.25) is 0 Å². The van der Waals surface area contributed by atoms with Crippen LogP contribution in [0.15, 0.2) is 94.1 Å². The first-order chi connectivity index (χ1) is 18.9. The largest absolute Gasteiger partial charge is 0.488 e. The zero-order chi connectivity index (χ0) is 27.4. The van der Waals surface area contributed by atoms with Gasteiger partial charge in [-0.05, 0) is 75.1 Å². The van der Waals surface area contributed by atoms with Gasteiger partial charge in [0.1, 0.15) is 23.7 Å². The number of nitrogens with one attached hydrogen (secondary N) is 2. The van der Waals surface area contributed by atoms with Crippen molar-refractivity contribution >= 4 is 39.3 Å². The summed E-state index contributed by atoms with van der Waals surface area (Å²) in [6.07, 6.45) is 0. The van der Waals surface area contributed by atoms with E-state index in [1.54, 1.807) is 54.6 Å². The Hall–Kier alpha value is -4.82. The third-order valence-corrected chi connectivity index (χ3v) is 6.01. The molecule has 0 aliphatic heterocycles. The van der Waals surface area contributed by atoms with Gasteiger partial charge >= 0.3 is 6.03 Å². The van der Waals surface area contributed by atoms with Gasteiger partial charge < -0.3 is 29.4 Å². The standard InChI is InChI=1S/C31H29N3O5/c1-20-16-26-29(35)25-13-12-24(19-27(25)39-30(26)28(17-20)37-15-14-34(2)3)38-23-11-7-10-22(18-23)33-31(36)32-21-8-5-4-6-9-21/h4-13,16-19H,14-15H2,1-3H3,(H2,32,33,36). The highest BCUT2D eigenvalue weighted by Crippen LogP contribution is 2.32. The van der Waals surface area contributed by atoms with Crippen LogP contribution in [-0.2, 0) is 0 Å². The third-order valence-electron chi connectivity index (χ3n) is 6.01. The molecule has 5 rings (SSSR count). The molecular weight excluding hydrogens is 494 g/mol. The van der Waals surface area contributed by atoms with Gasteiger partial charge in [-0.3, -0.25) is 4.79 Å². The predicted octanol–water partition coefficient (Wildman–Crippen LogP) is 6.63. The van der Waals surface area contributed by atoms with Crippen LogP contribution in [0.25, 0.3) is 21.9 Å². The number of urea groups is 1. The van der Waals surface area contributed by atoms with E-state index < -0.39 is 0 Å². The SMILES string of the molecule is Cc1cc(OCCN(C)C)c2oc3cc(Oc4cccc(NC(=O)Nc5ccccc5)c4)ccc3c(=O)c2c1. The Bertz CT molecular complexity index is 1700. The number of ether oxygens (including phenoxy) is 2. The van der Waals surface area contributed by atoms with Gasteiger partial charge in [0.25, 0.3) is 0 Å². The maximum absolute atomic E-state index is 13.3. The molecule has 1 heterocycles. The summed E-state index contributed by atoms with van der Waals surface area (Å²) >= 11 is 0. The number of nitrogens with zero attached hydrogens (tertiary/aromatic N) is 1. The number of amides is 2. The second-order valence-electron chi connectivity index (χ2n) is 9.46. The van der Waals surface area contributed by atoms with Gasteiger partial charge in [0.15, 0.2) is 11.3 Å². The van der Waals surface area contributed by atoms with Crippen molar-refractivity contribution in [2.24, 2.45) is 0 Å². The molecule has 198 valence electrons. The summed E-state index contributed by atoms with van der Waals surface area (Å²) in [5.41, 5.74) is 2.84. The molecule has 8 heteroatoms. The van der Waals surface area contributed by atoms with Crippen molar-refractivity contribution in [2.45, 2.75) is 6.92 Å². The molecule has 0 aliphatic rings. The minimum absolute atomic E-state index is 0.130. The molecule has 4 aromatic carbocycles. The molecule has 2 N–H and O–H groups in total. The molecule has 0 saturated heterocycles. The summed E-state index contributed by atoms with van der Waals surface area (Å²) in [4.78, 5) is 27.7. The zero-order valence-electron chi connectivity index (χ0n) is 22.0. The van der Waals surface area contributed by atoms with Crippen molar-refractivity contribution in [1.29, 1.82) is 0 Å². The lowest BCUT2D eigenvalue weighted by molar-refractivity contribution is 0.261. The number of fused-ring (bicyclic) bond motifs is 2. The topological polar surface area (TPSA) is 93.0 Å². The Balaban J connectivity index is 1.39. The first kappa shape index (κ1) is 25.8. The van der Waals surface area contributed by atoms with E-state index in [1.165, 1.54) is 0 Å². The van der Waals surface area contributed by atoms with Crippen molar-refractivity contribution in [3.05, 3.63) is 101 Å². The van der Waals surface area contributed by atoms with Crippen molar-refractivity contribution in [3.8, 4) is 17.2 Å². The van der Waals surface area contributed by atoms with Crippen molar-refractivity contribution < 1.29 is 18.7 Å². The summed E-state index contributed by atoms with van der Waals surface area (Å²) in [6, 6.07) is 24.6. The molecule has 0 atom stereocenters. The van der Waals surface area contributed by atoms with Gasteiger partial charge in [-0.2, -0.15) is 0 Å². The number of anilines is 2. The number of likely N-dealkylation sites (N-methyl/N-ethyl adjacent to an activating group) is 1.